The number of nitrogens with zero attached hydrogens (tertiary/aromatic N) is 1. The van der Waals surface area contributed by atoms with Crippen molar-refractivity contribution in [3.8, 4) is 0 Å². The molecule has 0 bridgehead atoms. The molecule has 0 aromatic heterocycles. The van der Waals surface area contributed by atoms with Crippen molar-refractivity contribution in [2.45, 2.75) is 6.42 Å². The molecule has 1 nitrogen and oxygen atoms in total. The van der Waals surface area contributed by atoms with Crippen LogP contribution in [-0.2, 0) is 6.42 Å². The van der Waals surface area contributed by atoms with Crippen molar-refractivity contribution in [2.24, 2.45) is 4.99 Å². The molecule has 12 heavy (non-hydrogen) atoms. The van der Waals surface area contributed by atoms with Crippen molar-refractivity contribution in [1.82, 2.24) is 0 Å². The third-order valence-electron chi connectivity index (χ3n) is 1.68. The highest BCUT2D eigenvalue weighted by Gasteiger charge is 2.17. The number of benzene rings is 1. The second-order valence-electron chi connectivity index (χ2n) is 2.56. The molecule has 1 aromatic rings. The molecule has 0 radical (unpaired) electrons. The molecule has 0 aliphatic carbocycles. The quantitative estimate of drug-likeness (QED) is 0.592. The smallest absolute Gasteiger partial charge is 0.152 e. The van der Waals surface area contributed by atoms with E-state index in [9.17, 15) is 8.78 Å². The highest BCUT2D eigenvalue weighted by molar-refractivity contribution is 6.66. The van der Waals surface area contributed by atoms with Crippen LogP contribution in [0.4, 0.5) is 14.5 Å². The van der Waals surface area contributed by atoms with E-state index in [4.69, 9.17) is 11.6 Å². The first-order valence-corrected chi connectivity index (χ1v) is 3.75. The number of hydrogen-bond donors (Lipinski definition) is 0. The predicted octanol–water partition coefficient (Wildman–Crippen LogP) is 2.79. The molecule has 0 N–H and O–H groups in total. The maximum atomic E-state index is 12.9. The van der Waals surface area contributed by atoms with E-state index in [2.05, 4.69) is 4.99 Å². The summed E-state index contributed by atoms with van der Waals surface area (Å²) < 4.78 is 25.5. The van der Waals surface area contributed by atoms with E-state index in [1.807, 2.05) is 0 Å². The van der Waals surface area contributed by atoms with Crippen LogP contribution in [0.25, 0.3) is 0 Å². The van der Waals surface area contributed by atoms with Gasteiger partial charge < -0.3 is 0 Å². The maximum absolute atomic E-state index is 12.9. The molecule has 0 amide bonds. The summed E-state index contributed by atoms with van der Waals surface area (Å²) in [4.78, 5) is 3.73. The summed E-state index contributed by atoms with van der Waals surface area (Å²) in [5.74, 6) is -1.24. The van der Waals surface area contributed by atoms with Gasteiger partial charge in [0, 0.05) is 12.5 Å². The van der Waals surface area contributed by atoms with Gasteiger partial charge in [0.15, 0.2) is 5.82 Å². The zero-order valence-corrected chi connectivity index (χ0v) is 6.70. The van der Waals surface area contributed by atoms with Crippen LogP contribution >= 0.6 is 11.6 Å². The monoisotopic (exact) mass is 187 g/mol. The van der Waals surface area contributed by atoms with Crippen LogP contribution in [0.15, 0.2) is 17.1 Å². The molecule has 1 aliphatic heterocycles. The zero-order valence-electron chi connectivity index (χ0n) is 5.94. The van der Waals surface area contributed by atoms with Crippen LogP contribution in [0.3, 0.4) is 0 Å². The standard InChI is InChI=1S/C8H4ClF2N/c9-7-2-4-1-5(10)3-6(11)8(4)12-7/h1,3H,2H2. The number of hydrogen-bond acceptors (Lipinski definition) is 1. The first kappa shape index (κ1) is 7.68. The summed E-state index contributed by atoms with van der Waals surface area (Å²) in [6.07, 6.45) is 0.325. The van der Waals surface area contributed by atoms with Crippen molar-refractivity contribution >= 4 is 22.5 Å². The molecule has 0 saturated carbocycles. The average Bonchev–Trinajstić information content (AvgIpc) is 2.29. The summed E-state index contributed by atoms with van der Waals surface area (Å²) in [6, 6.07) is 2.05. The van der Waals surface area contributed by atoms with E-state index in [0.717, 1.165) is 6.07 Å². The Bertz CT molecular complexity index is 374. The summed E-state index contributed by atoms with van der Waals surface area (Å²) in [6.45, 7) is 0. The minimum Gasteiger partial charge on any atom is -0.237 e. The minimum atomic E-state index is -0.652. The van der Waals surface area contributed by atoms with Crippen LogP contribution in [0.1, 0.15) is 5.56 Å². The van der Waals surface area contributed by atoms with Crippen LogP contribution in [0, 0.1) is 11.6 Å². The van der Waals surface area contributed by atoms with Gasteiger partial charge in [-0.2, -0.15) is 0 Å². The second-order valence-corrected chi connectivity index (χ2v) is 3.00. The Morgan fingerprint density at radius 3 is 2.83 bits per heavy atom. The lowest BCUT2D eigenvalue weighted by Gasteiger charge is -1.97. The van der Waals surface area contributed by atoms with Gasteiger partial charge in [0.2, 0.25) is 0 Å². The first-order chi connectivity index (χ1) is 5.66. The summed E-state index contributed by atoms with van der Waals surface area (Å²) >= 11 is 5.56. The van der Waals surface area contributed by atoms with Crippen LogP contribution in [0.2, 0.25) is 0 Å². The van der Waals surface area contributed by atoms with Gasteiger partial charge in [0.05, 0.1) is 0 Å². The molecule has 0 atom stereocenters. The third kappa shape index (κ3) is 1.10. The third-order valence-corrected chi connectivity index (χ3v) is 1.89. The van der Waals surface area contributed by atoms with Gasteiger partial charge in [-0.3, -0.25) is 0 Å². The largest absolute Gasteiger partial charge is 0.237 e. The molecule has 4 heteroatoms. The van der Waals surface area contributed by atoms with Gasteiger partial charge in [-0.15, -0.1) is 0 Å². The maximum Gasteiger partial charge on any atom is 0.152 e. The molecule has 1 aliphatic rings. The molecule has 0 unspecified atom stereocenters. The van der Waals surface area contributed by atoms with Gasteiger partial charge in [0.1, 0.15) is 16.7 Å². The van der Waals surface area contributed by atoms with Crippen LogP contribution < -0.4 is 0 Å². The molecular formula is C8H4ClF2N. The van der Waals surface area contributed by atoms with Gasteiger partial charge >= 0.3 is 0 Å². The van der Waals surface area contributed by atoms with Crippen LogP contribution in [0.5, 0.6) is 0 Å². The summed E-state index contributed by atoms with van der Waals surface area (Å²) in [5.41, 5.74) is 0.680. The Labute approximate surface area is 72.7 Å². The molecule has 1 aromatic carbocycles. The number of fused-ring (bicyclic) bond motifs is 1. The normalized spacial score (nSPS) is 14.4. The summed E-state index contributed by atoms with van der Waals surface area (Å²) in [5, 5.41) is 0.300. The minimum absolute atomic E-state index is 0.168. The van der Waals surface area contributed by atoms with Gasteiger partial charge in [0.25, 0.3) is 0 Å². The number of halogens is 3. The topological polar surface area (TPSA) is 12.4 Å². The lowest BCUT2D eigenvalue weighted by molar-refractivity contribution is 0.583. The van der Waals surface area contributed by atoms with E-state index < -0.39 is 11.6 Å². The van der Waals surface area contributed by atoms with Crippen molar-refractivity contribution in [2.75, 3.05) is 0 Å². The fourth-order valence-corrected chi connectivity index (χ4v) is 1.43. The van der Waals surface area contributed by atoms with Gasteiger partial charge in [-0.05, 0) is 11.6 Å². The fourth-order valence-electron chi connectivity index (χ4n) is 1.20. The average molecular weight is 188 g/mol. The molecule has 0 fully saturated rings. The highest BCUT2D eigenvalue weighted by Crippen LogP contribution is 2.31. The fraction of sp³-hybridized carbons (Fsp3) is 0.125. The Balaban J connectivity index is 2.62. The Morgan fingerprint density at radius 2 is 2.08 bits per heavy atom. The van der Waals surface area contributed by atoms with E-state index in [0.29, 0.717) is 17.2 Å². The predicted molar refractivity (Wildman–Crippen MR) is 43.0 cm³/mol. The van der Waals surface area contributed by atoms with Crippen molar-refractivity contribution < 1.29 is 8.78 Å². The molecule has 2 rings (SSSR count). The second kappa shape index (κ2) is 2.52. The Hall–Kier alpha value is -0.960. The lowest BCUT2D eigenvalue weighted by atomic mass is 10.1. The molecular weight excluding hydrogens is 184 g/mol. The van der Waals surface area contributed by atoms with Crippen molar-refractivity contribution in [3.05, 3.63) is 29.3 Å². The molecule has 62 valence electrons. The molecule has 0 spiro atoms. The van der Waals surface area contributed by atoms with E-state index >= 15 is 0 Å². The Morgan fingerprint density at radius 1 is 1.33 bits per heavy atom. The first-order valence-electron chi connectivity index (χ1n) is 3.38. The van der Waals surface area contributed by atoms with Gasteiger partial charge in [-0.1, -0.05) is 11.6 Å². The van der Waals surface area contributed by atoms with E-state index in [-0.39, 0.29) is 5.69 Å². The molecule has 0 saturated heterocycles. The number of aliphatic imine (C=N–C) groups is 1. The van der Waals surface area contributed by atoms with E-state index in [1.165, 1.54) is 6.07 Å². The van der Waals surface area contributed by atoms with E-state index in [1.54, 1.807) is 0 Å². The van der Waals surface area contributed by atoms with Gasteiger partial charge in [-0.25, -0.2) is 13.8 Å². The van der Waals surface area contributed by atoms with Crippen LogP contribution in [-0.4, -0.2) is 5.17 Å². The van der Waals surface area contributed by atoms with Crippen molar-refractivity contribution in [3.63, 3.8) is 0 Å². The molecule has 1 heterocycles. The zero-order chi connectivity index (χ0) is 8.72. The number of rotatable bonds is 0. The highest BCUT2D eigenvalue weighted by atomic mass is 35.5. The summed E-state index contributed by atoms with van der Waals surface area (Å²) in [7, 11) is 0. The lowest BCUT2D eigenvalue weighted by Crippen LogP contribution is -1.87. The Kier molecular flexibility index (Phi) is 1.61. The SMILES string of the molecule is Fc1cc(F)c2c(c1)CC(Cl)=N2. The van der Waals surface area contributed by atoms with Crippen molar-refractivity contribution in [1.29, 1.82) is 0 Å².